The van der Waals surface area contributed by atoms with E-state index in [1.807, 2.05) is 55.5 Å². The predicted octanol–water partition coefficient (Wildman–Crippen LogP) is 6.17. The van der Waals surface area contributed by atoms with E-state index < -0.39 is 15.3 Å². The molecule has 0 aliphatic rings. The van der Waals surface area contributed by atoms with E-state index in [4.69, 9.17) is 14.5 Å². The summed E-state index contributed by atoms with van der Waals surface area (Å²) in [5.74, 6) is 1.22. The van der Waals surface area contributed by atoms with E-state index >= 15 is 0 Å². The number of aromatic amines is 1. The van der Waals surface area contributed by atoms with Crippen LogP contribution in [0.2, 0.25) is 0 Å². The maximum atomic E-state index is 13.3. The Hall–Kier alpha value is -4.88. The van der Waals surface area contributed by atoms with Crippen molar-refractivity contribution in [3.05, 3.63) is 90.8 Å². The van der Waals surface area contributed by atoms with Gasteiger partial charge in [0.05, 0.1) is 35.8 Å². The molecule has 3 aromatic carbocycles. The molecule has 2 aromatic heterocycles. The number of sulfonamides is 1. The topological polar surface area (TPSA) is 148 Å². The molecule has 0 aliphatic heterocycles. The van der Waals surface area contributed by atoms with Crippen molar-refractivity contribution >= 4 is 39.3 Å². The molecule has 0 radical (unpaired) electrons. The van der Waals surface area contributed by atoms with Gasteiger partial charge in [-0.1, -0.05) is 18.7 Å². The molecule has 5 aromatic rings. The molecular formula is C32H32N6O5S2. The summed E-state index contributed by atoms with van der Waals surface area (Å²) in [6.45, 7) is 3.66. The van der Waals surface area contributed by atoms with Crippen LogP contribution in [0.4, 0.5) is 11.6 Å². The Morgan fingerprint density at radius 1 is 0.889 bits per heavy atom. The van der Waals surface area contributed by atoms with Gasteiger partial charge >= 0.3 is 0 Å². The molecule has 0 saturated carbocycles. The highest BCUT2D eigenvalue weighted by Gasteiger charge is 2.23. The lowest BCUT2D eigenvalue weighted by atomic mass is 10.0. The number of nitrogens with one attached hydrogen (secondary N) is 3. The van der Waals surface area contributed by atoms with Crippen LogP contribution in [0.5, 0.6) is 11.5 Å². The summed E-state index contributed by atoms with van der Waals surface area (Å²) in [6.07, 6.45) is 2.00. The summed E-state index contributed by atoms with van der Waals surface area (Å²) in [5, 5.41) is 2.99. The number of anilines is 2. The van der Waals surface area contributed by atoms with Crippen LogP contribution in [-0.4, -0.2) is 53.7 Å². The molecule has 0 fully saturated rings. The largest absolute Gasteiger partial charge is 0.497 e. The van der Waals surface area contributed by atoms with Gasteiger partial charge in [0.25, 0.3) is 10.0 Å². The molecule has 1 unspecified atom stereocenters. The van der Waals surface area contributed by atoms with Crippen molar-refractivity contribution in [2.24, 2.45) is 0 Å². The number of carbonyl (C=O) groups excluding carboxylic acids is 1. The zero-order valence-corrected chi connectivity index (χ0v) is 26.7. The number of aryl methyl sites for hydroxylation is 1. The minimum Gasteiger partial charge on any atom is -0.497 e. The Balaban J connectivity index is 1.33. The fourth-order valence-electron chi connectivity index (χ4n) is 4.41. The number of carbonyl (C=O) groups is 1. The van der Waals surface area contributed by atoms with Crippen molar-refractivity contribution in [3.8, 4) is 34.0 Å². The minimum absolute atomic E-state index is 0.0136. The average molecular weight is 645 g/mol. The van der Waals surface area contributed by atoms with Crippen LogP contribution in [0.3, 0.4) is 0 Å². The Morgan fingerprint density at radius 3 is 2.09 bits per heavy atom. The van der Waals surface area contributed by atoms with Crippen molar-refractivity contribution in [1.82, 2.24) is 19.9 Å². The first-order chi connectivity index (χ1) is 21.7. The maximum Gasteiger partial charge on any atom is 0.264 e. The van der Waals surface area contributed by atoms with Gasteiger partial charge in [-0.2, -0.15) is 0 Å². The second-order valence-corrected chi connectivity index (χ2v) is 12.8. The molecule has 0 aliphatic carbocycles. The number of hydrogen-bond acceptors (Lipinski definition) is 9. The quantitative estimate of drug-likeness (QED) is 0.136. The number of ether oxygens (including phenoxy) is 2. The molecule has 3 N–H and O–H groups in total. The van der Waals surface area contributed by atoms with Crippen LogP contribution in [-0.2, 0) is 14.8 Å². The predicted molar refractivity (Wildman–Crippen MR) is 175 cm³/mol. The summed E-state index contributed by atoms with van der Waals surface area (Å²) in [5.41, 5.74) is 4.44. The zero-order chi connectivity index (χ0) is 32.0. The monoisotopic (exact) mass is 644 g/mol. The molecule has 232 valence electrons. The molecule has 1 amide bonds. The van der Waals surface area contributed by atoms with E-state index in [9.17, 15) is 13.2 Å². The Kier molecular flexibility index (Phi) is 9.69. The van der Waals surface area contributed by atoms with Gasteiger partial charge in [-0.05, 0) is 92.2 Å². The molecule has 0 spiro atoms. The number of nitrogens with zero attached hydrogens (tertiary/aromatic N) is 3. The highest BCUT2D eigenvalue weighted by molar-refractivity contribution is 8.00. The van der Waals surface area contributed by atoms with E-state index in [1.54, 1.807) is 27.2 Å². The fraction of sp³-hybridized carbons (Fsp3) is 0.188. The van der Waals surface area contributed by atoms with E-state index in [0.717, 1.165) is 34.0 Å². The molecule has 5 rings (SSSR count). The number of benzene rings is 3. The third-order valence-corrected chi connectivity index (χ3v) is 9.39. The summed E-state index contributed by atoms with van der Waals surface area (Å²) in [6, 6.07) is 22.9. The van der Waals surface area contributed by atoms with Gasteiger partial charge in [-0.15, -0.1) is 0 Å². The van der Waals surface area contributed by atoms with Crippen molar-refractivity contribution in [3.63, 3.8) is 0 Å². The van der Waals surface area contributed by atoms with Crippen LogP contribution in [0, 0.1) is 6.92 Å². The summed E-state index contributed by atoms with van der Waals surface area (Å²) in [7, 11) is -0.674. The fourth-order valence-corrected chi connectivity index (χ4v) is 6.26. The number of amides is 1. The van der Waals surface area contributed by atoms with E-state index in [0.29, 0.717) is 23.0 Å². The third-order valence-electron chi connectivity index (χ3n) is 6.79. The van der Waals surface area contributed by atoms with E-state index in [2.05, 4.69) is 25.0 Å². The van der Waals surface area contributed by atoms with E-state index in [-0.39, 0.29) is 16.8 Å². The van der Waals surface area contributed by atoms with Crippen molar-refractivity contribution in [1.29, 1.82) is 0 Å². The minimum atomic E-state index is -3.91. The molecule has 0 bridgehead atoms. The van der Waals surface area contributed by atoms with Gasteiger partial charge in [-0.25, -0.2) is 28.1 Å². The van der Waals surface area contributed by atoms with Gasteiger partial charge in [-0.3, -0.25) is 4.79 Å². The van der Waals surface area contributed by atoms with Crippen molar-refractivity contribution in [2.45, 2.75) is 35.6 Å². The number of imidazole rings is 1. The molecule has 2 heterocycles. The van der Waals surface area contributed by atoms with Gasteiger partial charge in [0, 0.05) is 28.7 Å². The molecule has 0 saturated heterocycles. The SMILES string of the molecule is CCC(Sc1nc(-c2ccc(OC)cc2)c(-c2ccc(OC)cc2)[nH]1)C(=O)Nc1ccc(S(=O)(=O)Nc2nccc(C)n2)cc1. The van der Waals surface area contributed by atoms with Gasteiger partial charge in [0.1, 0.15) is 11.5 Å². The number of thioether (sulfide) groups is 1. The number of H-pyrrole nitrogens is 1. The Labute approximate surface area is 265 Å². The molecule has 1 atom stereocenters. The molecular weight excluding hydrogens is 613 g/mol. The van der Waals surface area contributed by atoms with E-state index in [1.165, 1.54) is 42.2 Å². The lowest BCUT2D eigenvalue weighted by Gasteiger charge is -2.14. The maximum absolute atomic E-state index is 13.3. The van der Waals surface area contributed by atoms with Crippen LogP contribution in [0.15, 0.2) is 95.1 Å². The second kappa shape index (κ2) is 13.8. The normalized spacial score (nSPS) is 11.9. The molecule has 11 nitrogen and oxygen atoms in total. The summed E-state index contributed by atoms with van der Waals surface area (Å²) >= 11 is 1.32. The van der Waals surface area contributed by atoms with Gasteiger partial charge in [0.15, 0.2) is 5.16 Å². The first-order valence-electron chi connectivity index (χ1n) is 14.0. The zero-order valence-electron chi connectivity index (χ0n) is 25.1. The number of methoxy groups -OCH3 is 2. The lowest BCUT2D eigenvalue weighted by molar-refractivity contribution is -0.115. The summed E-state index contributed by atoms with van der Waals surface area (Å²) in [4.78, 5) is 29.7. The highest BCUT2D eigenvalue weighted by Crippen LogP contribution is 2.36. The Morgan fingerprint density at radius 2 is 1.51 bits per heavy atom. The first kappa shape index (κ1) is 31.5. The van der Waals surface area contributed by atoms with Gasteiger partial charge < -0.3 is 19.8 Å². The van der Waals surface area contributed by atoms with Crippen LogP contribution in [0.1, 0.15) is 19.0 Å². The van der Waals surface area contributed by atoms with Gasteiger partial charge in [0.2, 0.25) is 11.9 Å². The first-order valence-corrected chi connectivity index (χ1v) is 16.3. The van der Waals surface area contributed by atoms with Crippen LogP contribution < -0.4 is 19.5 Å². The number of aromatic nitrogens is 4. The van der Waals surface area contributed by atoms with Crippen LogP contribution in [0.25, 0.3) is 22.5 Å². The highest BCUT2D eigenvalue weighted by atomic mass is 32.2. The molecule has 13 heteroatoms. The van der Waals surface area contributed by atoms with Crippen molar-refractivity contribution < 1.29 is 22.7 Å². The van der Waals surface area contributed by atoms with Crippen molar-refractivity contribution in [2.75, 3.05) is 24.3 Å². The third kappa shape index (κ3) is 7.62. The molecule has 45 heavy (non-hydrogen) atoms. The standard InChI is InChI=1S/C32H32N6O5S2/c1-5-27(30(39)35-23-10-16-26(17-11-23)45(40,41)38-31-33-19-18-20(2)34-31)44-32-36-28(21-6-12-24(42-3)13-7-21)29(37-32)22-8-14-25(43-4)15-9-22/h6-19,27H,5H2,1-4H3,(H,35,39)(H,36,37)(H,33,34,38). The average Bonchev–Trinajstić information content (AvgIpc) is 3.47. The second-order valence-electron chi connectivity index (χ2n) is 9.88. The number of rotatable bonds is 12. The summed E-state index contributed by atoms with van der Waals surface area (Å²) < 4.78 is 38.6. The smallest absolute Gasteiger partial charge is 0.264 e. The lowest BCUT2D eigenvalue weighted by Crippen LogP contribution is -2.24. The number of hydrogen-bond donors (Lipinski definition) is 3. The van der Waals surface area contributed by atoms with Crippen LogP contribution >= 0.6 is 11.8 Å². The Bertz CT molecular complexity index is 1810.